The Balaban J connectivity index is 1.73. The Kier molecular flexibility index (Phi) is 4.18. The fourth-order valence-corrected chi connectivity index (χ4v) is 3.58. The van der Waals surface area contributed by atoms with Gasteiger partial charge in [0.15, 0.2) is 0 Å². The van der Waals surface area contributed by atoms with E-state index in [-0.39, 0.29) is 6.03 Å². The third-order valence-electron chi connectivity index (χ3n) is 5.31. The lowest BCUT2D eigenvalue weighted by atomic mass is 9.54. The van der Waals surface area contributed by atoms with Crippen molar-refractivity contribution in [2.24, 2.45) is 17.3 Å². The number of hydrogen-bond acceptors (Lipinski definition) is 1. The smallest absolute Gasteiger partial charge is 0.317 e. The zero-order valence-electron chi connectivity index (χ0n) is 12.2. The molecule has 1 aliphatic heterocycles. The molecule has 1 heterocycles. The van der Waals surface area contributed by atoms with Crippen molar-refractivity contribution in [2.75, 3.05) is 19.6 Å². The number of carbonyl (C=O) groups is 1. The lowest BCUT2D eigenvalue weighted by Gasteiger charge is -2.52. The molecule has 2 unspecified atom stereocenters. The Morgan fingerprint density at radius 3 is 2.44 bits per heavy atom. The van der Waals surface area contributed by atoms with Crippen molar-refractivity contribution in [3.8, 4) is 0 Å². The van der Waals surface area contributed by atoms with E-state index in [1.807, 2.05) is 4.90 Å². The van der Waals surface area contributed by atoms with E-state index in [2.05, 4.69) is 26.1 Å². The van der Waals surface area contributed by atoms with Crippen LogP contribution in [0.15, 0.2) is 0 Å². The van der Waals surface area contributed by atoms with Crippen molar-refractivity contribution in [3.63, 3.8) is 0 Å². The van der Waals surface area contributed by atoms with Crippen LogP contribution in [0, 0.1) is 17.3 Å². The number of urea groups is 1. The number of amides is 2. The highest BCUT2D eigenvalue weighted by molar-refractivity contribution is 5.74. The zero-order chi connectivity index (χ0) is 13.2. The molecule has 18 heavy (non-hydrogen) atoms. The van der Waals surface area contributed by atoms with Crippen molar-refractivity contribution in [1.29, 1.82) is 0 Å². The highest BCUT2D eigenvalue weighted by Gasteiger charge is 2.46. The lowest BCUT2D eigenvalue weighted by Crippen LogP contribution is -2.52. The number of piperidine rings is 1. The van der Waals surface area contributed by atoms with Crippen LogP contribution in [0.5, 0.6) is 0 Å². The molecule has 2 atom stereocenters. The molecule has 0 spiro atoms. The molecule has 1 saturated heterocycles. The maximum Gasteiger partial charge on any atom is 0.317 e. The van der Waals surface area contributed by atoms with Gasteiger partial charge in [-0.3, -0.25) is 0 Å². The molecule has 1 aliphatic carbocycles. The summed E-state index contributed by atoms with van der Waals surface area (Å²) < 4.78 is 0. The summed E-state index contributed by atoms with van der Waals surface area (Å²) in [6, 6.07) is 0.158. The average Bonchev–Trinajstić information content (AvgIpc) is 2.38. The third-order valence-corrected chi connectivity index (χ3v) is 5.31. The van der Waals surface area contributed by atoms with Gasteiger partial charge in [-0.05, 0) is 42.9 Å². The van der Waals surface area contributed by atoms with Crippen LogP contribution in [0.3, 0.4) is 0 Å². The molecule has 2 rings (SSSR count). The first-order chi connectivity index (χ1) is 8.55. The quantitative estimate of drug-likeness (QED) is 0.821. The lowest BCUT2D eigenvalue weighted by molar-refractivity contribution is -0.0201. The van der Waals surface area contributed by atoms with Gasteiger partial charge in [-0.15, -0.1) is 0 Å². The molecule has 0 aromatic rings. The van der Waals surface area contributed by atoms with Crippen LogP contribution in [0.2, 0.25) is 0 Å². The van der Waals surface area contributed by atoms with E-state index in [1.54, 1.807) is 0 Å². The summed E-state index contributed by atoms with van der Waals surface area (Å²) in [7, 11) is 0. The largest absolute Gasteiger partial charge is 0.338 e. The molecular formula is C15H28N2O. The predicted molar refractivity (Wildman–Crippen MR) is 74.5 cm³/mol. The summed E-state index contributed by atoms with van der Waals surface area (Å²) in [5.74, 6) is 1.51. The molecule has 2 amide bonds. The van der Waals surface area contributed by atoms with Crippen LogP contribution in [0.4, 0.5) is 4.79 Å². The van der Waals surface area contributed by atoms with Crippen LogP contribution >= 0.6 is 0 Å². The van der Waals surface area contributed by atoms with Crippen molar-refractivity contribution >= 4 is 6.03 Å². The van der Waals surface area contributed by atoms with Gasteiger partial charge in [0.2, 0.25) is 0 Å². The fraction of sp³-hybridized carbons (Fsp3) is 0.933. The van der Waals surface area contributed by atoms with Crippen LogP contribution in [-0.2, 0) is 0 Å². The van der Waals surface area contributed by atoms with Crippen molar-refractivity contribution in [3.05, 3.63) is 0 Å². The van der Waals surface area contributed by atoms with E-state index in [0.717, 1.165) is 25.6 Å². The first kappa shape index (κ1) is 13.7. The number of hydrogen-bond donors (Lipinski definition) is 1. The Labute approximate surface area is 111 Å². The molecule has 0 aromatic carbocycles. The molecular weight excluding hydrogens is 224 g/mol. The van der Waals surface area contributed by atoms with E-state index in [1.165, 1.54) is 32.1 Å². The third kappa shape index (κ3) is 2.65. The summed E-state index contributed by atoms with van der Waals surface area (Å²) in [5.41, 5.74) is 0.407. The van der Waals surface area contributed by atoms with Gasteiger partial charge in [0.05, 0.1) is 0 Å². The average molecular weight is 252 g/mol. The van der Waals surface area contributed by atoms with E-state index in [9.17, 15) is 4.79 Å². The molecule has 2 aliphatic rings. The standard InChI is InChI=1S/C15H28N2O/c1-4-12-10-13(15(12,2)3)11-16-14(18)17-8-6-5-7-9-17/h12-13H,4-11H2,1-3H3,(H,16,18). The minimum Gasteiger partial charge on any atom is -0.338 e. The first-order valence-electron chi connectivity index (χ1n) is 7.58. The van der Waals surface area contributed by atoms with Gasteiger partial charge in [0, 0.05) is 19.6 Å². The molecule has 3 heteroatoms. The number of likely N-dealkylation sites (tertiary alicyclic amines) is 1. The highest BCUT2D eigenvalue weighted by Crippen LogP contribution is 2.52. The predicted octanol–water partition coefficient (Wildman–Crippen LogP) is 3.25. The zero-order valence-corrected chi connectivity index (χ0v) is 12.2. The number of carbonyl (C=O) groups excluding carboxylic acids is 1. The van der Waals surface area contributed by atoms with E-state index in [4.69, 9.17) is 0 Å². The normalized spacial score (nSPS) is 30.7. The van der Waals surface area contributed by atoms with Crippen LogP contribution < -0.4 is 5.32 Å². The molecule has 0 radical (unpaired) electrons. The molecule has 1 N–H and O–H groups in total. The van der Waals surface area contributed by atoms with Gasteiger partial charge >= 0.3 is 6.03 Å². The van der Waals surface area contributed by atoms with Gasteiger partial charge in [-0.1, -0.05) is 27.2 Å². The van der Waals surface area contributed by atoms with Crippen molar-refractivity contribution in [1.82, 2.24) is 10.2 Å². The molecule has 3 nitrogen and oxygen atoms in total. The van der Waals surface area contributed by atoms with Gasteiger partial charge in [-0.2, -0.15) is 0 Å². The minimum absolute atomic E-state index is 0.158. The number of rotatable bonds is 3. The van der Waals surface area contributed by atoms with Crippen molar-refractivity contribution < 1.29 is 4.79 Å². The first-order valence-corrected chi connectivity index (χ1v) is 7.58. The summed E-state index contributed by atoms with van der Waals surface area (Å²) >= 11 is 0. The highest BCUT2D eigenvalue weighted by atomic mass is 16.2. The second kappa shape index (κ2) is 5.50. The Bertz CT molecular complexity index is 295. The second-order valence-corrected chi connectivity index (χ2v) is 6.59. The molecule has 2 fully saturated rings. The van der Waals surface area contributed by atoms with Crippen LogP contribution in [0.1, 0.15) is 52.9 Å². The van der Waals surface area contributed by atoms with E-state index in [0.29, 0.717) is 11.3 Å². The summed E-state index contributed by atoms with van der Waals surface area (Å²) in [4.78, 5) is 14.0. The second-order valence-electron chi connectivity index (χ2n) is 6.59. The topological polar surface area (TPSA) is 32.3 Å². The number of nitrogens with one attached hydrogen (secondary N) is 1. The molecule has 0 bridgehead atoms. The van der Waals surface area contributed by atoms with E-state index < -0.39 is 0 Å². The maximum absolute atomic E-state index is 12.0. The van der Waals surface area contributed by atoms with Gasteiger partial charge in [0.25, 0.3) is 0 Å². The minimum atomic E-state index is 0.158. The fourth-order valence-electron chi connectivity index (χ4n) is 3.58. The maximum atomic E-state index is 12.0. The molecule has 0 aromatic heterocycles. The number of nitrogens with zero attached hydrogens (tertiary/aromatic N) is 1. The van der Waals surface area contributed by atoms with Gasteiger partial charge in [0.1, 0.15) is 0 Å². The Morgan fingerprint density at radius 1 is 1.22 bits per heavy atom. The Morgan fingerprint density at radius 2 is 1.89 bits per heavy atom. The van der Waals surface area contributed by atoms with Crippen LogP contribution in [-0.4, -0.2) is 30.6 Å². The summed E-state index contributed by atoms with van der Waals surface area (Å²) in [6.45, 7) is 9.72. The summed E-state index contributed by atoms with van der Waals surface area (Å²) in [6.07, 6.45) is 6.16. The Hall–Kier alpha value is -0.730. The van der Waals surface area contributed by atoms with Crippen molar-refractivity contribution in [2.45, 2.75) is 52.9 Å². The van der Waals surface area contributed by atoms with E-state index >= 15 is 0 Å². The van der Waals surface area contributed by atoms with Crippen LogP contribution in [0.25, 0.3) is 0 Å². The molecule has 1 saturated carbocycles. The van der Waals surface area contributed by atoms with Gasteiger partial charge < -0.3 is 10.2 Å². The molecule has 104 valence electrons. The SMILES string of the molecule is CCC1CC(CNC(=O)N2CCCCC2)C1(C)C. The summed E-state index contributed by atoms with van der Waals surface area (Å²) in [5, 5.41) is 3.14. The monoisotopic (exact) mass is 252 g/mol. The van der Waals surface area contributed by atoms with Gasteiger partial charge in [-0.25, -0.2) is 4.79 Å².